The van der Waals surface area contributed by atoms with Crippen molar-refractivity contribution in [2.45, 2.75) is 19.4 Å². The van der Waals surface area contributed by atoms with Gasteiger partial charge in [-0.25, -0.2) is 0 Å². The molecule has 0 aliphatic carbocycles. The summed E-state index contributed by atoms with van der Waals surface area (Å²) in [5.41, 5.74) is 0.969. The minimum absolute atomic E-state index is 0.0239. The summed E-state index contributed by atoms with van der Waals surface area (Å²) in [6.45, 7) is 0.977. The Morgan fingerprint density at radius 2 is 2.10 bits per heavy atom. The summed E-state index contributed by atoms with van der Waals surface area (Å²) in [6, 6.07) is 7.36. The molecule has 2 aromatic rings. The molecule has 0 aliphatic heterocycles. The van der Waals surface area contributed by atoms with E-state index in [1.54, 1.807) is 18.5 Å². The summed E-state index contributed by atoms with van der Waals surface area (Å²) in [5.74, 6) is -0.106. The maximum Gasteiger partial charge on any atom is 0.261 e. The van der Waals surface area contributed by atoms with Crippen LogP contribution in [0.1, 0.15) is 28.1 Å². The molecule has 110 valence electrons. The molecule has 0 aliphatic rings. The van der Waals surface area contributed by atoms with Crippen molar-refractivity contribution in [3.8, 4) is 0 Å². The number of aromatic nitrogens is 1. The van der Waals surface area contributed by atoms with Crippen LogP contribution in [0.15, 0.2) is 42.0 Å². The fourth-order valence-electron chi connectivity index (χ4n) is 1.74. The van der Waals surface area contributed by atoms with Crippen molar-refractivity contribution in [2.75, 3.05) is 6.54 Å². The molecule has 0 bridgehead atoms. The first-order chi connectivity index (χ1) is 10.3. The molecule has 0 fully saturated rings. The van der Waals surface area contributed by atoms with Crippen molar-refractivity contribution in [3.05, 3.63) is 52.5 Å². The number of nitrogens with zero attached hydrogens (tertiary/aromatic N) is 1. The monoisotopic (exact) mass is 303 g/mol. The number of thiophene rings is 1. The minimum Gasteiger partial charge on any atom is -0.352 e. The quantitative estimate of drug-likeness (QED) is 0.768. The van der Waals surface area contributed by atoms with Gasteiger partial charge in [-0.2, -0.15) is 0 Å². The van der Waals surface area contributed by atoms with E-state index in [0.29, 0.717) is 30.8 Å². The molecule has 6 heteroatoms. The minimum atomic E-state index is -0.0826. The van der Waals surface area contributed by atoms with Crippen LogP contribution in [0.5, 0.6) is 0 Å². The van der Waals surface area contributed by atoms with E-state index in [1.165, 1.54) is 11.3 Å². The van der Waals surface area contributed by atoms with Gasteiger partial charge in [0.2, 0.25) is 5.91 Å². The number of hydrogen-bond acceptors (Lipinski definition) is 4. The number of amides is 2. The van der Waals surface area contributed by atoms with Gasteiger partial charge in [0.1, 0.15) is 0 Å². The summed E-state index contributed by atoms with van der Waals surface area (Å²) in [6.07, 6.45) is 4.43. The lowest BCUT2D eigenvalue weighted by Crippen LogP contribution is -2.26. The lowest BCUT2D eigenvalue weighted by atomic mass is 10.2. The van der Waals surface area contributed by atoms with Crippen molar-refractivity contribution in [1.29, 1.82) is 0 Å². The molecule has 0 radical (unpaired) electrons. The van der Waals surface area contributed by atoms with Crippen LogP contribution < -0.4 is 10.6 Å². The first-order valence-electron chi connectivity index (χ1n) is 6.73. The lowest BCUT2D eigenvalue weighted by molar-refractivity contribution is -0.121. The fourth-order valence-corrected chi connectivity index (χ4v) is 2.38. The molecular weight excluding hydrogens is 286 g/mol. The molecule has 0 saturated heterocycles. The maximum atomic E-state index is 11.7. The van der Waals surface area contributed by atoms with Gasteiger partial charge in [-0.1, -0.05) is 12.1 Å². The fraction of sp³-hybridized carbons (Fsp3) is 0.267. The average Bonchev–Trinajstić information content (AvgIpc) is 3.05. The molecule has 2 amide bonds. The normalized spacial score (nSPS) is 10.1. The lowest BCUT2D eigenvalue weighted by Gasteiger charge is -2.06. The van der Waals surface area contributed by atoms with Gasteiger partial charge in [0.25, 0.3) is 5.91 Å². The molecule has 21 heavy (non-hydrogen) atoms. The zero-order chi connectivity index (χ0) is 14.9. The van der Waals surface area contributed by atoms with Gasteiger partial charge in [-0.3, -0.25) is 14.6 Å². The van der Waals surface area contributed by atoms with E-state index < -0.39 is 0 Å². The summed E-state index contributed by atoms with van der Waals surface area (Å²) in [7, 11) is 0. The Bertz CT molecular complexity index is 570. The van der Waals surface area contributed by atoms with Gasteiger partial charge in [-0.15, -0.1) is 11.3 Å². The van der Waals surface area contributed by atoms with Crippen LogP contribution >= 0.6 is 11.3 Å². The number of nitrogens with one attached hydrogen (secondary N) is 2. The highest BCUT2D eigenvalue weighted by Gasteiger charge is 2.06. The van der Waals surface area contributed by atoms with Crippen LogP contribution in [0.2, 0.25) is 0 Å². The van der Waals surface area contributed by atoms with Gasteiger partial charge in [0.15, 0.2) is 0 Å². The van der Waals surface area contributed by atoms with Crippen LogP contribution in [0.25, 0.3) is 0 Å². The summed E-state index contributed by atoms with van der Waals surface area (Å²) >= 11 is 1.40. The Labute approximate surface area is 127 Å². The molecule has 2 aromatic heterocycles. The topological polar surface area (TPSA) is 71.1 Å². The second kappa shape index (κ2) is 8.16. The Hall–Kier alpha value is -2.21. The van der Waals surface area contributed by atoms with Gasteiger partial charge in [-0.05, 0) is 29.5 Å². The van der Waals surface area contributed by atoms with Gasteiger partial charge >= 0.3 is 0 Å². The molecule has 0 spiro atoms. The summed E-state index contributed by atoms with van der Waals surface area (Å²) in [5, 5.41) is 7.48. The molecule has 2 rings (SSSR count). The maximum absolute atomic E-state index is 11.7. The standard InChI is InChI=1S/C15H17N3O2S/c19-14(18-11-12-4-1-7-16-10-12)6-2-8-17-15(20)13-5-3-9-21-13/h1,3-5,7,9-10H,2,6,8,11H2,(H,17,20)(H,18,19). The van der Waals surface area contributed by atoms with Crippen LogP contribution in [0.3, 0.4) is 0 Å². The molecule has 2 heterocycles. The predicted octanol–water partition coefficient (Wildman–Crippen LogP) is 1.97. The molecule has 0 atom stereocenters. The van der Waals surface area contributed by atoms with E-state index in [-0.39, 0.29) is 11.8 Å². The summed E-state index contributed by atoms with van der Waals surface area (Å²) < 4.78 is 0. The number of carbonyl (C=O) groups excluding carboxylic acids is 2. The Kier molecular flexibility index (Phi) is 5.90. The largest absolute Gasteiger partial charge is 0.352 e. The van der Waals surface area contributed by atoms with Crippen LogP contribution in [0, 0.1) is 0 Å². The molecule has 5 nitrogen and oxygen atoms in total. The van der Waals surface area contributed by atoms with Crippen LogP contribution in [-0.2, 0) is 11.3 Å². The molecule has 0 unspecified atom stereocenters. The van der Waals surface area contributed by atoms with Crippen molar-refractivity contribution in [1.82, 2.24) is 15.6 Å². The first-order valence-corrected chi connectivity index (χ1v) is 7.61. The van der Waals surface area contributed by atoms with E-state index in [9.17, 15) is 9.59 Å². The Morgan fingerprint density at radius 1 is 1.19 bits per heavy atom. The molecular formula is C15H17N3O2S. The van der Waals surface area contributed by atoms with Crippen molar-refractivity contribution in [2.24, 2.45) is 0 Å². The van der Waals surface area contributed by atoms with Gasteiger partial charge in [0, 0.05) is 31.9 Å². The number of rotatable bonds is 7. The van der Waals surface area contributed by atoms with E-state index in [1.807, 2.05) is 23.6 Å². The van der Waals surface area contributed by atoms with Crippen molar-refractivity contribution < 1.29 is 9.59 Å². The third kappa shape index (κ3) is 5.35. The SMILES string of the molecule is O=C(CCCNC(=O)c1cccs1)NCc1cccnc1. The number of pyridine rings is 1. The van der Waals surface area contributed by atoms with Gasteiger partial charge in [0.05, 0.1) is 4.88 Å². The average molecular weight is 303 g/mol. The first kappa shape index (κ1) is 15.2. The van der Waals surface area contributed by atoms with E-state index in [4.69, 9.17) is 0 Å². The van der Waals surface area contributed by atoms with Crippen molar-refractivity contribution >= 4 is 23.2 Å². The second-order valence-electron chi connectivity index (χ2n) is 4.47. The second-order valence-corrected chi connectivity index (χ2v) is 5.42. The molecule has 0 saturated carbocycles. The predicted molar refractivity (Wildman–Crippen MR) is 82.0 cm³/mol. The third-order valence-corrected chi connectivity index (χ3v) is 3.69. The van der Waals surface area contributed by atoms with Gasteiger partial charge < -0.3 is 10.6 Å². The Balaban J connectivity index is 1.58. The van der Waals surface area contributed by atoms with E-state index in [0.717, 1.165) is 5.56 Å². The molecule has 2 N–H and O–H groups in total. The Morgan fingerprint density at radius 3 is 2.81 bits per heavy atom. The van der Waals surface area contributed by atoms with Crippen molar-refractivity contribution in [3.63, 3.8) is 0 Å². The zero-order valence-corrected chi connectivity index (χ0v) is 12.4. The molecule has 0 aromatic carbocycles. The number of carbonyl (C=O) groups is 2. The van der Waals surface area contributed by atoms with E-state index >= 15 is 0 Å². The summed E-state index contributed by atoms with van der Waals surface area (Å²) in [4.78, 5) is 28.0. The third-order valence-electron chi connectivity index (χ3n) is 2.82. The highest BCUT2D eigenvalue weighted by atomic mass is 32.1. The van der Waals surface area contributed by atoms with E-state index in [2.05, 4.69) is 15.6 Å². The highest BCUT2D eigenvalue weighted by Crippen LogP contribution is 2.07. The number of hydrogen-bond donors (Lipinski definition) is 2. The highest BCUT2D eigenvalue weighted by molar-refractivity contribution is 7.12. The smallest absolute Gasteiger partial charge is 0.261 e. The van der Waals surface area contributed by atoms with Crippen LogP contribution in [-0.4, -0.2) is 23.3 Å². The van der Waals surface area contributed by atoms with Crippen LogP contribution in [0.4, 0.5) is 0 Å². The zero-order valence-electron chi connectivity index (χ0n) is 11.5.